The Balaban J connectivity index is 2.08. The molecule has 0 atom stereocenters. The van der Waals surface area contributed by atoms with Crippen LogP contribution in [0.25, 0.3) is 36.3 Å². The number of thiophene rings is 1. The second-order valence-corrected chi connectivity index (χ2v) is 5.84. The first-order valence-corrected chi connectivity index (χ1v) is 7.42. The van der Waals surface area contributed by atoms with E-state index in [4.69, 9.17) is 6.57 Å². The zero-order valence-electron chi connectivity index (χ0n) is 11.1. The van der Waals surface area contributed by atoms with Crippen molar-refractivity contribution in [1.82, 2.24) is 4.98 Å². The van der Waals surface area contributed by atoms with E-state index in [9.17, 15) is 0 Å². The Morgan fingerprint density at radius 3 is 2.71 bits per heavy atom. The molecular weight excluding hydrogens is 276 g/mol. The van der Waals surface area contributed by atoms with Gasteiger partial charge in [-0.1, -0.05) is 36.4 Å². The smallest absolute Gasteiger partial charge is 0.188 e. The molecule has 98 valence electrons. The lowest BCUT2D eigenvalue weighted by molar-refractivity contribution is 1.33. The summed E-state index contributed by atoms with van der Waals surface area (Å²) in [6.07, 6.45) is 1.82. The van der Waals surface area contributed by atoms with Gasteiger partial charge >= 0.3 is 0 Å². The Morgan fingerprint density at radius 1 is 0.952 bits per heavy atom. The van der Waals surface area contributed by atoms with Crippen LogP contribution in [0.4, 0.5) is 5.69 Å². The van der Waals surface area contributed by atoms with Crippen molar-refractivity contribution in [2.75, 3.05) is 0 Å². The van der Waals surface area contributed by atoms with Crippen LogP contribution in [0.3, 0.4) is 0 Å². The fourth-order valence-corrected chi connectivity index (χ4v) is 3.84. The van der Waals surface area contributed by atoms with Gasteiger partial charge in [0.15, 0.2) is 5.69 Å². The quantitative estimate of drug-likeness (QED) is 0.412. The first-order chi connectivity index (χ1) is 10.4. The number of hydrogen-bond donors (Lipinski definition) is 0. The topological polar surface area (TPSA) is 17.2 Å². The molecule has 0 aliphatic heterocycles. The van der Waals surface area contributed by atoms with Crippen molar-refractivity contribution in [2.24, 2.45) is 0 Å². The van der Waals surface area contributed by atoms with Crippen molar-refractivity contribution in [2.45, 2.75) is 0 Å². The van der Waals surface area contributed by atoms with Crippen LogP contribution in [0.2, 0.25) is 0 Å². The summed E-state index contributed by atoms with van der Waals surface area (Å²) in [6, 6.07) is 18.2. The molecule has 0 bridgehead atoms. The molecule has 2 nitrogen and oxygen atoms in total. The largest absolute Gasteiger partial charge is 0.256 e. The van der Waals surface area contributed by atoms with Crippen molar-refractivity contribution < 1.29 is 0 Å². The van der Waals surface area contributed by atoms with E-state index >= 15 is 0 Å². The highest BCUT2D eigenvalue weighted by Gasteiger charge is 2.10. The molecule has 0 radical (unpaired) electrons. The molecule has 0 spiro atoms. The minimum Gasteiger partial charge on any atom is -0.256 e. The molecule has 0 fully saturated rings. The SMILES string of the molecule is [C-]#[N+]c1ccc2c(c1)sc1c(-c3ccccn3)cccc12. The van der Waals surface area contributed by atoms with Crippen LogP contribution in [0.1, 0.15) is 0 Å². The van der Waals surface area contributed by atoms with Gasteiger partial charge in [0.1, 0.15) is 0 Å². The van der Waals surface area contributed by atoms with Gasteiger partial charge in [-0.15, -0.1) is 11.3 Å². The highest BCUT2D eigenvalue weighted by atomic mass is 32.1. The van der Waals surface area contributed by atoms with E-state index in [0.717, 1.165) is 16.0 Å². The molecule has 0 saturated carbocycles. The molecule has 4 rings (SSSR count). The highest BCUT2D eigenvalue weighted by Crippen LogP contribution is 2.40. The third-order valence-corrected chi connectivity index (χ3v) is 4.75. The number of rotatable bonds is 1. The molecule has 2 aromatic carbocycles. The molecule has 0 amide bonds. The van der Waals surface area contributed by atoms with E-state index in [1.54, 1.807) is 11.3 Å². The Labute approximate surface area is 126 Å². The maximum atomic E-state index is 7.15. The van der Waals surface area contributed by atoms with E-state index < -0.39 is 0 Å². The van der Waals surface area contributed by atoms with Gasteiger partial charge in [-0.05, 0) is 23.6 Å². The Morgan fingerprint density at radius 2 is 1.90 bits per heavy atom. The van der Waals surface area contributed by atoms with E-state index in [1.807, 2.05) is 42.6 Å². The number of aromatic nitrogens is 1. The summed E-state index contributed by atoms with van der Waals surface area (Å²) < 4.78 is 2.38. The lowest BCUT2D eigenvalue weighted by Crippen LogP contribution is -1.81. The van der Waals surface area contributed by atoms with Crippen LogP contribution < -0.4 is 0 Å². The number of fused-ring (bicyclic) bond motifs is 3. The number of pyridine rings is 1. The minimum atomic E-state index is 0.688. The summed E-state index contributed by atoms with van der Waals surface area (Å²) in [6.45, 7) is 7.15. The molecule has 0 N–H and O–H groups in total. The summed E-state index contributed by atoms with van der Waals surface area (Å²) >= 11 is 1.73. The van der Waals surface area contributed by atoms with E-state index in [1.165, 1.54) is 15.5 Å². The molecule has 21 heavy (non-hydrogen) atoms. The molecule has 2 aromatic heterocycles. The summed E-state index contributed by atoms with van der Waals surface area (Å²) in [5, 5.41) is 2.44. The number of nitrogens with zero attached hydrogens (tertiary/aromatic N) is 2. The van der Waals surface area contributed by atoms with Gasteiger partial charge in [0.2, 0.25) is 0 Å². The fourth-order valence-electron chi connectivity index (χ4n) is 2.58. The summed E-state index contributed by atoms with van der Waals surface area (Å²) in [7, 11) is 0. The second-order valence-electron chi connectivity index (χ2n) is 4.79. The first-order valence-electron chi connectivity index (χ1n) is 6.61. The van der Waals surface area contributed by atoms with Crippen LogP contribution in [-0.4, -0.2) is 4.98 Å². The van der Waals surface area contributed by atoms with Crippen LogP contribution in [-0.2, 0) is 0 Å². The van der Waals surface area contributed by atoms with Crippen molar-refractivity contribution in [3.8, 4) is 11.3 Å². The Kier molecular flexibility index (Phi) is 2.70. The third-order valence-electron chi connectivity index (χ3n) is 3.55. The van der Waals surface area contributed by atoms with Crippen LogP contribution in [0.15, 0.2) is 60.8 Å². The monoisotopic (exact) mass is 286 g/mol. The zero-order chi connectivity index (χ0) is 14.2. The second kappa shape index (κ2) is 4.69. The van der Waals surface area contributed by atoms with Crippen LogP contribution in [0.5, 0.6) is 0 Å². The van der Waals surface area contributed by atoms with Gasteiger partial charge in [-0.2, -0.15) is 0 Å². The van der Waals surface area contributed by atoms with E-state index in [2.05, 4.69) is 28.0 Å². The van der Waals surface area contributed by atoms with Gasteiger partial charge in [-0.3, -0.25) is 4.98 Å². The molecule has 0 unspecified atom stereocenters. The molecule has 2 heterocycles. The van der Waals surface area contributed by atoms with Crippen molar-refractivity contribution in [1.29, 1.82) is 0 Å². The highest BCUT2D eigenvalue weighted by molar-refractivity contribution is 7.26. The molecule has 3 heteroatoms. The van der Waals surface area contributed by atoms with Gasteiger partial charge < -0.3 is 0 Å². The lowest BCUT2D eigenvalue weighted by Gasteiger charge is -2.01. The molecule has 0 aliphatic carbocycles. The maximum Gasteiger partial charge on any atom is 0.188 e. The third kappa shape index (κ3) is 1.89. The predicted octanol–water partition coefficient (Wildman–Crippen LogP) is 5.67. The van der Waals surface area contributed by atoms with Crippen LogP contribution in [0, 0.1) is 6.57 Å². The summed E-state index contributed by atoms with van der Waals surface area (Å²) in [5.41, 5.74) is 2.83. The molecule has 0 saturated heterocycles. The molecular formula is C18H10N2S. The maximum absolute atomic E-state index is 7.15. The Bertz CT molecular complexity index is 994. The van der Waals surface area contributed by atoms with Crippen LogP contribution >= 0.6 is 11.3 Å². The molecule has 0 aliphatic rings. The fraction of sp³-hybridized carbons (Fsp3) is 0. The zero-order valence-corrected chi connectivity index (χ0v) is 11.9. The normalized spacial score (nSPS) is 10.8. The van der Waals surface area contributed by atoms with Gasteiger partial charge in [0, 0.05) is 26.5 Å². The van der Waals surface area contributed by atoms with Gasteiger partial charge in [0.05, 0.1) is 12.3 Å². The average molecular weight is 286 g/mol. The summed E-state index contributed by atoms with van der Waals surface area (Å²) in [4.78, 5) is 7.98. The minimum absolute atomic E-state index is 0.688. The van der Waals surface area contributed by atoms with Crippen molar-refractivity contribution >= 4 is 37.2 Å². The number of hydrogen-bond acceptors (Lipinski definition) is 2. The van der Waals surface area contributed by atoms with E-state index in [-0.39, 0.29) is 0 Å². The molecule has 4 aromatic rings. The van der Waals surface area contributed by atoms with Gasteiger partial charge in [-0.25, -0.2) is 4.85 Å². The van der Waals surface area contributed by atoms with Gasteiger partial charge in [0.25, 0.3) is 0 Å². The lowest BCUT2D eigenvalue weighted by atomic mass is 10.1. The van der Waals surface area contributed by atoms with E-state index in [0.29, 0.717) is 5.69 Å². The van der Waals surface area contributed by atoms with Crippen molar-refractivity contribution in [3.63, 3.8) is 0 Å². The summed E-state index contributed by atoms with van der Waals surface area (Å²) in [5.74, 6) is 0. The Hall–Kier alpha value is -2.70. The first kappa shape index (κ1) is 12.1. The van der Waals surface area contributed by atoms with Crippen molar-refractivity contribution in [3.05, 3.63) is 72.2 Å². The standard InChI is InChI=1S/C18H10N2S/c1-19-12-8-9-13-14-5-4-6-15(16-7-2-3-10-20-16)18(14)21-17(13)11-12/h2-11H. The average Bonchev–Trinajstić information content (AvgIpc) is 2.93. The predicted molar refractivity (Wildman–Crippen MR) is 88.8 cm³/mol. The number of benzene rings is 2.